The summed E-state index contributed by atoms with van der Waals surface area (Å²) in [5.74, 6) is -1.34. The second-order valence-electron chi connectivity index (χ2n) is 5.24. The van der Waals surface area contributed by atoms with E-state index in [1.165, 1.54) is 13.8 Å². The molecule has 8 nitrogen and oxygen atoms in total. The van der Waals surface area contributed by atoms with E-state index in [-0.39, 0.29) is 6.42 Å². The third kappa shape index (κ3) is 4.91. The zero-order valence-corrected chi connectivity index (χ0v) is 14.4. The van der Waals surface area contributed by atoms with Crippen molar-refractivity contribution < 1.29 is 27.6 Å². The molecule has 0 aliphatic heterocycles. The summed E-state index contributed by atoms with van der Waals surface area (Å²) in [5.41, 5.74) is -2.29. The number of esters is 1. The molecule has 0 amide bonds. The third-order valence-corrected chi connectivity index (χ3v) is 3.88. The van der Waals surface area contributed by atoms with Gasteiger partial charge in [-0.15, -0.1) is 0 Å². The van der Waals surface area contributed by atoms with Crippen molar-refractivity contribution in [3.05, 3.63) is 21.6 Å². The van der Waals surface area contributed by atoms with Gasteiger partial charge in [0.1, 0.15) is 11.7 Å². The number of ether oxygens (including phenoxy) is 1. The van der Waals surface area contributed by atoms with Crippen LogP contribution in [0.1, 0.15) is 26.7 Å². The summed E-state index contributed by atoms with van der Waals surface area (Å²) in [4.78, 5) is 30.6. The molecule has 0 spiro atoms. The molecule has 0 aliphatic rings. The van der Waals surface area contributed by atoms with Crippen molar-refractivity contribution >= 4 is 29.1 Å². The van der Waals surface area contributed by atoms with Gasteiger partial charge in [-0.2, -0.15) is 18.2 Å². The lowest BCUT2D eigenvalue weighted by molar-refractivity contribution is -0.384. The molecule has 1 aromatic rings. The molecule has 1 rings (SSSR count). The first-order valence-electron chi connectivity index (χ1n) is 7.06. The largest absolute Gasteiger partial charge is 0.467 e. The van der Waals surface area contributed by atoms with Gasteiger partial charge in [-0.3, -0.25) is 10.1 Å². The molecule has 25 heavy (non-hydrogen) atoms. The molecule has 0 saturated heterocycles. The Morgan fingerprint density at radius 2 is 2.08 bits per heavy atom. The van der Waals surface area contributed by atoms with Crippen molar-refractivity contribution in [1.29, 1.82) is 0 Å². The van der Waals surface area contributed by atoms with E-state index in [1.54, 1.807) is 0 Å². The molecule has 0 saturated carbocycles. The first-order valence-corrected chi connectivity index (χ1v) is 7.43. The Kier molecular flexibility index (Phi) is 6.52. The van der Waals surface area contributed by atoms with Gasteiger partial charge in [0, 0.05) is 6.54 Å². The Morgan fingerprint density at radius 1 is 1.48 bits per heavy atom. The fraction of sp³-hybridized carbons (Fsp3) is 0.615. The lowest BCUT2D eigenvalue weighted by Crippen LogP contribution is -2.54. The Balaban J connectivity index is 3.54. The van der Waals surface area contributed by atoms with Gasteiger partial charge in [0.2, 0.25) is 11.1 Å². The lowest BCUT2D eigenvalue weighted by atomic mass is 9.95. The Labute approximate surface area is 146 Å². The van der Waals surface area contributed by atoms with Crippen molar-refractivity contribution in [3.8, 4) is 0 Å². The standard InChI is InChI=1S/C13H16ClF3N4O4/c1-4-12(2,10(22)25-3)20(6-5-13(15,16)17)9-8(21(23)24)7-18-11(14)19-9/h7H,4-6H2,1-3H3. The normalized spacial score (nSPS) is 13.9. The van der Waals surface area contributed by atoms with Crippen LogP contribution in [0, 0.1) is 10.1 Å². The molecule has 0 fully saturated rings. The number of anilines is 1. The highest BCUT2D eigenvalue weighted by molar-refractivity contribution is 6.28. The number of carbonyl (C=O) groups excluding carboxylic acids is 1. The van der Waals surface area contributed by atoms with Crippen LogP contribution >= 0.6 is 11.6 Å². The number of hydrogen-bond acceptors (Lipinski definition) is 7. The lowest BCUT2D eigenvalue weighted by Gasteiger charge is -2.38. The molecule has 1 atom stereocenters. The monoisotopic (exact) mass is 384 g/mol. The SMILES string of the molecule is CCC(C)(C(=O)OC)N(CCC(F)(F)F)c1nc(Cl)ncc1[N+](=O)[O-]. The molecule has 0 aromatic carbocycles. The zero-order chi connectivity index (χ0) is 19.4. The van der Waals surface area contributed by atoms with Crippen LogP contribution in [0.3, 0.4) is 0 Å². The molecule has 1 heterocycles. The van der Waals surface area contributed by atoms with E-state index in [2.05, 4.69) is 14.7 Å². The Hall–Kier alpha value is -2.17. The van der Waals surface area contributed by atoms with Gasteiger partial charge >= 0.3 is 17.8 Å². The highest BCUT2D eigenvalue weighted by Gasteiger charge is 2.44. The quantitative estimate of drug-likeness (QED) is 0.308. The van der Waals surface area contributed by atoms with Crippen molar-refractivity contribution in [1.82, 2.24) is 9.97 Å². The van der Waals surface area contributed by atoms with E-state index >= 15 is 0 Å². The van der Waals surface area contributed by atoms with Crippen LogP contribution in [0.4, 0.5) is 24.7 Å². The van der Waals surface area contributed by atoms with Gasteiger partial charge in [-0.25, -0.2) is 9.78 Å². The van der Waals surface area contributed by atoms with E-state index in [0.29, 0.717) is 0 Å². The predicted octanol–water partition coefficient (Wildman–Crippen LogP) is 3.14. The Morgan fingerprint density at radius 3 is 2.52 bits per heavy atom. The van der Waals surface area contributed by atoms with Crippen LogP contribution in [0.2, 0.25) is 5.28 Å². The van der Waals surface area contributed by atoms with Crippen molar-refractivity contribution in [3.63, 3.8) is 0 Å². The molecule has 0 radical (unpaired) electrons. The average Bonchev–Trinajstić information content (AvgIpc) is 2.52. The highest BCUT2D eigenvalue weighted by atomic mass is 35.5. The van der Waals surface area contributed by atoms with Gasteiger partial charge < -0.3 is 9.64 Å². The second-order valence-corrected chi connectivity index (χ2v) is 5.58. The summed E-state index contributed by atoms with van der Waals surface area (Å²) in [7, 11) is 1.07. The van der Waals surface area contributed by atoms with E-state index in [4.69, 9.17) is 11.6 Å². The second kappa shape index (κ2) is 7.81. The van der Waals surface area contributed by atoms with Gasteiger partial charge in [0.05, 0.1) is 18.5 Å². The van der Waals surface area contributed by atoms with Crippen LogP contribution in [-0.4, -0.2) is 46.2 Å². The smallest absolute Gasteiger partial charge is 0.390 e. The number of halogens is 4. The number of carbonyl (C=O) groups is 1. The fourth-order valence-corrected chi connectivity index (χ4v) is 2.29. The van der Waals surface area contributed by atoms with Gasteiger partial charge in [-0.1, -0.05) is 6.92 Å². The zero-order valence-electron chi connectivity index (χ0n) is 13.6. The molecule has 0 bridgehead atoms. The van der Waals surface area contributed by atoms with Crippen molar-refractivity contribution in [2.24, 2.45) is 0 Å². The van der Waals surface area contributed by atoms with Crippen LogP contribution in [0.15, 0.2) is 6.20 Å². The minimum Gasteiger partial charge on any atom is -0.467 e. The van der Waals surface area contributed by atoms with Crippen LogP contribution < -0.4 is 4.90 Å². The number of methoxy groups -OCH3 is 1. The number of nitrogens with zero attached hydrogens (tertiary/aromatic N) is 4. The molecule has 140 valence electrons. The first-order chi connectivity index (χ1) is 11.5. The minimum atomic E-state index is -4.55. The molecule has 0 aliphatic carbocycles. The van der Waals surface area contributed by atoms with Crippen LogP contribution in [-0.2, 0) is 9.53 Å². The fourth-order valence-electron chi connectivity index (χ4n) is 2.16. The van der Waals surface area contributed by atoms with Gasteiger partial charge in [0.15, 0.2) is 0 Å². The maximum Gasteiger partial charge on any atom is 0.390 e. The van der Waals surface area contributed by atoms with Gasteiger partial charge in [0.25, 0.3) is 0 Å². The molecular weight excluding hydrogens is 369 g/mol. The summed E-state index contributed by atoms with van der Waals surface area (Å²) in [5, 5.41) is 10.8. The van der Waals surface area contributed by atoms with Gasteiger partial charge in [-0.05, 0) is 24.9 Å². The average molecular weight is 385 g/mol. The number of nitro groups is 1. The van der Waals surface area contributed by atoms with Crippen molar-refractivity contribution in [2.45, 2.75) is 38.4 Å². The molecule has 1 unspecified atom stereocenters. The van der Waals surface area contributed by atoms with E-state index < -0.39 is 52.4 Å². The third-order valence-electron chi connectivity index (χ3n) is 3.70. The summed E-state index contributed by atoms with van der Waals surface area (Å²) in [6.45, 7) is 2.10. The topological polar surface area (TPSA) is 98.5 Å². The van der Waals surface area contributed by atoms with Crippen molar-refractivity contribution in [2.75, 3.05) is 18.6 Å². The molecule has 0 N–H and O–H groups in total. The Bertz CT molecular complexity index is 659. The summed E-state index contributed by atoms with van der Waals surface area (Å²) in [6.07, 6.45) is -5.08. The predicted molar refractivity (Wildman–Crippen MR) is 82.4 cm³/mol. The maximum absolute atomic E-state index is 12.7. The van der Waals surface area contributed by atoms with E-state index in [9.17, 15) is 28.1 Å². The number of alkyl halides is 3. The number of aromatic nitrogens is 2. The molecule has 12 heteroatoms. The van der Waals surface area contributed by atoms with Crippen LogP contribution in [0.5, 0.6) is 0 Å². The summed E-state index contributed by atoms with van der Waals surface area (Å²) >= 11 is 5.65. The maximum atomic E-state index is 12.7. The summed E-state index contributed by atoms with van der Waals surface area (Å²) in [6, 6.07) is 0. The van der Waals surface area contributed by atoms with E-state index in [0.717, 1.165) is 18.2 Å². The first kappa shape index (κ1) is 20.9. The minimum absolute atomic E-state index is 0.0102. The highest BCUT2D eigenvalue weighted by Crippen LogP contribution is 2.35. The number of rotatable bonds is 7. The molecule has 1 aromatic heterocycles. The number of hydrogen-bond donors (Lipinski definition) is 0. The van der Waals surface area contributed by atoms with Crippen LogP contribution in [0.25, 0.3) is 0 Å². The summed E-state index contributed by atoms with van der Waals surface area (Å²) < 4.78 is 42.8. The molecular formula is C13H16ClF3N4O4. The van der Waals surface area contributed by atoms with E-state index in [1.807, 2.05) is 0 Å².